The van der Waals surface area contributed by atoms with Gasteiger partial charge in [-0.2, -0.15) is 15.0 Å². The van der Waals surface area contributed by atoms with Crippen LogP contribution in [0.1, 0.15) is 0 Å². The molecule has 0 atom stereocenters. The second kappa shape index (κ2) is 5.45. The van der Waals surface area contributed by atoms with Crippen LogP contribution in [0.15, 0.2) is 27.4 Å². The van der Waals surface area contributed by atoms with E-state index in [2.05, 4.69) is 30.2 Å². The first kappa shape index (κ1) is 12.3. The van der Waals surface area contributed by atoms with Crippen LogP contribution in [0.5, 0.6) is 6.01 Å². The summed E-state index contributed by atoms with van der Waals surface area (Å²) in [4.78, 5) is 29.8. The molecule has 0 spiro atoms. The fraction of sp³-hybridized carbons (Fsp3) is 0.222. The van der Waals surface area contributed by atoms with Gasteiger partial charge in [0.25, 0.3) is 5.56 Å². The first-order valence-electron chi connectivity index (χ1n) is 4.92. The summed E-state index contributed by atoms with van der Waals surface area (Å²) in [5.41, 5.74) is -0.234. The molecule has 0 aliphatic carbocycles. The highest BCUT2D eigenvalue weighted by atomic mass is 32.2. The highest BCUT2D eigenvalue weighted by Crippen LogP contribution is 2.21. The van der Waals surface area contributed by atoms with Crippen molar-refractivity contribution in [3.8, 4) is 6.01 Å². The zero-order valence-corrected chi connectivity index (χ0v) is 10.5. The summed E-state index contributed by atoms with van der Waals surface area (Å²) in [6.45, 7) is 0. The number of methoxy groups -OCH3 is 1. The predicted octanol–water partition coefficient (Wildman–Crippen LogP) is 0.156. The molecular weight excluding hydrogens is 256 g/mol. The molecular formula is C9H10N6O2S. The van der Waals surface area contributed by atoms with Gasteiger partial charge in [-0.1, -0.05) is 0 Å². The van der Waals surface area contributed by atoms with Gasteiger partial charge in [0.05, 0.1) is 7.11 Å². The van der Waals surface area contributed by atoms with E-state index in [0.717, 1.165) is 11.8 Å². The number of hydrogen-bond donors (Lipinski definition) is 2. The third-order valence-corrected chi connectivity index (χ3v) is 2.60. The van der Waals surface area contributed by atoms with Crippen LogP contribution >= 0.6 is 11.8 Å². The molecule has 0 aliphatic heterocycles. The fourth-order valence-electron chi connectivity index (χ4n) is 1.08. The largest absolute Gasteiger partial charge is 0.467 e. The molecule has 2 N–H and O–H groups in total. The summed E-state index contributed by atoms with van der Waals surface area (Å²) >= 11 is 1.11. The average molecular weight is 266 g/mol. The summed E-state index contributed by atoms with van der Waals surface area (Å²) in [5, 5.41) is 3.57. The van der Waals surface area contributed by atoms with E-state index in [1.54, 1.807) is 7.05 Å². The molecule has 0 radical (unpaired) electrons. The van der Waals surface area contributed by atoms with Gasteiger partial charge in [-0.25, -0.2) is 4.98 Å². The lowest BCUT2D eigenvalue weighted by Gasteiger charge is -2.04. The van der Waals surface area contributed by atoms with Gasteiger partial charge in [-0.05, 0) is 11.8 Å². The molecule has 2 aromatic heterocycles. The fourth-order valence-corrected chi connectivity index (χ4v) is 1.77. The number of hydrogen-bond acceptors (Lipinski definition) is 8. The first-order chi connectivity index (χ1) is 8.71. The van der Waals surface area contributed by atoms with E-state index in [1.165, 1.54) is 19.4 Å². The standard InChI is InChI=1S/C9H10N6O2S/c1-10-6-13-7(17-2)15-9(14-6)18-8-11-4-3-5(16)12-8/h3-4H,1-2H3,(H,11,12,16)(H,10,13,14,15). The predicted molar refractivity (Wildman–Crippen MR) is 64.9 cm³/mol. The molecule has 0 saturated carbocycles. The third kappa shape index (κ3) is 2.94. The molecule has 8 nitrogen and oxygen atoms in total. The molecule has 0 saturated heterocycles. The van der Waals surface area contributed by atoms with Crippen LogP contribution < -0.4 is 15.6 Å². The lowest BCUT2D eigenvalue weighted by Crippen LogP contribution is -2.06. The topological polar surface area (TPSA) is 106 Å². The van der Waals surface area contributed by atoms with Crippen LogP contribution in [0.2, 0.25) is 0 Å². The van der Waals surface area contributed by atoms with Crippen LogP contribution in [-0.4, -0.2) is 39.1 Å². The number of rotatable bonds is 4. The minimum atomic E-state index is -0.234. The van der Waals surface area contributed by atoms with Crippen LogP contribution in [0, 0.1) is 0 Å². The van der Waals surface area contributed by atoms with Gasteiger partial charge >= 0.3 is 6.01 Å². The Morgan fingerprint density at radius 1 is 1.39 bits per heavy atom. The Balaban J connectivity index is 2.30. The van der Waals surface area contributed by atoms with Crippen molar-refractivity contribution in [2.45, 2.75) is 10.3 Å². The molecule has 9 heteroatoms. The van der Waals surface area contributed by atoms with Gasteiger partial charge in [0, 0.05) is 19.3 Å². The van der Waals surface area contributed by atoms with Crippen molar-refractivity contribution in [3.63, 3.8) is 0 Å². The molecule has 94 valence electrons. The van der Waals surface area contributed by atoms with Crippen molar-refractivity contribution in [2.24, 2.45) is 0 Å². The smallest absolute Gasteiger partial charge is 0.321 e. The number of anilines is 1. The van der Waals surface area contributed by atoms with Crippen molar-refractivity contribution < 1.29 is 4.74 Å². The Kier molecular flexibility index (Phi) is 3.72. The van der Waals surface area contributed by atoms with Crippen LogP contribution in [0.4, 0.5) is 5.95 Å². The Bertz CT molecular complexity index is 579. The number of aromatic amines is 1. The number of H-pyrrole nitrogens is 1. The minimum Gasteiger partial charge on any atom is -0.467 e. The Morgan fingerprint density at radius 3 is 2.89 bits per heavy atom. The highest BCUT2D eigenvalue weighted by molar-refractivity contribution is 7.99. The molecule has 2 rings (SSSR count). The van der Waals surface area contributed by atoms with E-state index >= 15 is 0 Å². The van der Waals surface area contributed by atoms with Crippen molar-refractivity contribution >= 4 is 17.7 Å². The number of nitrogens with one attached hydrogen (secondary N) is 2. The summed E-state index contributed by atoms with van der Waals surface area (Å²) in [6.07, 6.45) is 1.42. The Labute approximate surface area is 106 Å². The second-order valence-corrected chi connectivity index (χ2v) is 3.98. The number of nitrogens with zero attached hydrogens (tertiary/aromatic N) is 4. The molecule has 0 bridgehead atoms. The van der Waals surface area contributed by atoms with E-state index < -0.39 is 0 Å². The summed E-state index contributed by atoms with van der Waals surface area (Å²) in [5.74, 6) is 0.377. The van der Waals surface area contributed by atoms with Crippen LogP contribution in [0.3, 0.4) is 0 Å². The van der Waals surface area contributed by atoms with Gasteiger partial charge < -0.3 is 15.0 Å². The van der Waals surface area contributed by atoms with E-state index in [1.807, 2.05) is 0 Å². The van der Waals surface area contributed by atoms with Gasteiger partial charge in [0.15, 0.2) is 5.16 Å². The summed E-state index contributed by atoms with van der Waals surface area (Å²) < 4.78 is 4.95. The minimum absolute atomic E-state index is 0.190. The maximum atomic E-state index is 11.1. The van der Waals surface area contributed by atoms with E-state index in [4.69, 9.17) is 4.74 Å². The molecule has 18 heavy (non-hydrogen) atoms. The molecule has 0 fully saturated rings. The maximum absolute atomic E-state index is 11.1. The van der Waals surface area contributed by atoms with Crippen LogP contribution in [-0.2, 0) is 0 Å². The van der Waals surface area contributed by atoms with Gasteiger partial charge in [0.1, 0.15) is 0 Å². The first-order valence-corrected chi connectivity index (χ1v) is 5.74. The highest BCUT2D eigenvalue weighted by Gasteiger charge is 2.08. The SMILES string of the molecule is CNc1nc(OC)nc(Sc2nccc(=O)[nH]2)n1. The lowest BCUT2D eigenvalue weighted by atomic mass is 10.7. The molecule has 0 amide bonds. The number of ether oxygens (including phenoxy) is 1. The van der Waals surface area contributed by atoms with Crippen molar-refractivity contribution in [1.82, 2.24) is 24.9 Å². The summed E-state index contributed by atoms with van der Waals surface area (Å²) in [6, 6.07) is 1.52. The third-order valence-electron chi connectivity index (χ3n) is 1.84. The zero-order valence-electron chi connectivity index (χ0n) is 9.67. The average Bonchev–Trinajstić information content (AvgIpc) is 2.38. The molecule has 0 unspecified atom stereocenters. The second-order valence-electron chi connectivity index (χ2n) is 3.02. The Morgan fingerprint density at radius 2 is 2.22 bits per heavy atom. The molecule has 2 heterocycles. The Hall–Kier alpha value is -2.16. The molecule has 0 aromatic carbocycles. The van der Waals surface area contributed by atoms with Crippen LogP contribution in [0.25, 0.3) is 0 Å². The monoisotopic (exact) mass is 266 g/mol. The van der Waals surface area contributed by atoms with Crippen molar-refractivity contribution in [3.05, 3.63) is 22.6 Å². The summed E-state index contributed by atoms with van der Waals surface area (Å²) in [7, 11) is 3.15. The maximum Gasteiger partial charge on any atom is 0.321 e. The van der Waals surface area contributed by atoms with E-state index in [0.29, 0.717) is 16.3 Å². The molecule has 2 aromatic rings. The zero-order chi connectivity index (χ0) is 13.0. The van der Waals surface area contributed by atoms with Crippen molar-refractivity contribution in [2.75, 3.05) is 19.5 Å². The lowest BCUT2D eigenvalue weighted by molar-refractivity contribution is 0.374. The van der Waals surface area contributed by atoms with E-state index in [-0.39, 0.29) is 11.6 Å². The normalized spacial score (nSPS) is 10.1. The van der Waals surface area contributed by atoms with Gasteiger partial charge in [-0.15, -0.1) is 0 Å². The van der Waals surface area contributed by atoms with Crippen molar-refractivity contribution in [1.29, 1.82) is 0 Å². The quantitative estimate of drug-likeness (QED) is 0.754. The van der Waals surface area contributed by atoms with Gasteiger partial charge in [-0.3, -0.25) is 4.79 Å². The van der Waals surface area contributed by atoms with E-state index in [9.17, 15) is 4.79 Å². The molecule has 0 aliphatic rings. The van der Waals surface area contributed by atoms with Gasteiger partial charge in [0.2, 0.25) is 11.1 Å². The number of aromatic nitrogens is 5.